The highest BCUT2D eigenvalue weighted by Gasteiger charge is 2.07. The van der Waals surface area contributed by atoms with E-state index in [1.807, 2.05) is 0 Å². The lowest BCUT2D eigenvalue weighted by molar-refractivity contribution is -0.122. The highest BCUT2D eigenvalue weighted by molar-refractivity contribution is 9.10. The van der Waals surface area contributed by atoms with Crippen LogP contribution in [0, 0.1) is 5.82 Å². The van der Waals surface area contributed by atoms with Crippen molar-refractivity contribution in [2.24, 2.45) is 0 Å². The number of carbonyl (C=O) groups excluding carboxylic acids is 1. The number of amides is 1. The molecule has 1 aromatic carbocycles. The fraction of sp³-hybridized carbons (Fsp3) is 0.125. The van der Waals surface area contributed by atoms with Crippen LogP contribution in [0.2, 0.25) is 0 Å². The summed E-state index contributed by atoms with van der Waals surface area (Å²) in [6, 6.07) is 8.20. The van der Waals surface area contributed by atoms with Gasteiger partial charge in [0.15, 0.2) is 10.9 Å². The molecule has 0 radical (unpaired) electrons. The van der Waals surface area contributed by atoms with Crippen LogP contribution >= 0.6 is 28.1 Å². The third-order valence-corrected chi connectivity index (χ3v) is 4.01. The molecule has 0 saturated carbocycles. The smallest absolute Gasteiger partial charge is 0.260 e. The number of carbonyl (C=O) groups is 1. The van der Waals surface area contributed by atoms with Gasteiger partial charge in [0.25, 0.3) is 5.91 Å². The molecule has 3 N–H and O–H groups in total. The Bertz CT molecular complexity index is 958. The second kappa shape index (κ2) is 8.73. The first-order valence-electron chi connectivity index (χ1n) is 7.80. The molecule has 3 rings (SSSR count). The van der Waals surface area contributed by atoms with Crippen LogP contribution in [0.15, 0.2) is 53.4 Å². The van der Waals surface area contributed by atoms with Crippen LogP contribution in [0.25, 0.3) is 0 Å². The number of hydrogen-bond acceptors (Lipinski definition) is 4. The van der Waals surface area contributed by atoms with Gasteiger partial charge < -0.3 is 5.32 Å². The van der Waals surface area contributed by atoms with Gasteiger partial charge in [0.2, 0.25) is 0 Å². The van der Waals surface area contributed by atoms with E-state index in [0.717, 1.165) is 4.47 Å². The molecule has 0 aliphatic carbocycles. The van der Waals surface area contributed by atoms with Gasteiger partial charge in [0.05, 0.1) is 17.2 Å². The van der Waals surface area contributed by atoms with Crippen molar-refractivity contribution >= 4 is 45.0 Å². The minimum absolute atomic E-state index is 0.0402. The van der Waals surface area contributed by atoms with Crippen molar-refractivity contribution in [2.75, 3.05) is 5.32 Å². The number of benzene rings is 1. The number of hydrogen-bond donors (Lipinski definition) is 3. The Kier molecular flexibility index (Phi) is 6.14. The van der Waals surface area contributed by atoms with Crippen molar-refractivity contribution in [3.05, 3.63) is 64.8 Å². The predicted molar refractivity (Wildman–Crippen MR) is 105 cm³/mol. The first-order chi connectivity index (χ1) is 13.0. The van der Waals surface area contributed by atoms with Gasteiger partial charge in [-0.25, -0.2) is 4.39 Å². The van der Waals surface area contributed by atoms with E-state index < -0.39 is 0 Å². The maximum absolute atomic E-state index is 13.7. The molecule has 0 atom stereocenters. The van der Waals surface area contributed by atoms with Crippen molar-refractivity contribution < 1.29 is 9.18 Å². The second-order valence-corrected chi connectivity index (χ2v) is 6.80. The highest BCUT2D eigenvalue weighted by atomic mass is 79.9. The molecule has 2 aromatic heterocycles. The average Bonchev–Trinajstić information content (AvgIpc) is 3.24. The molecule has 0 bridgehead atoms. The Morgan fingerprint density at radius 1 is 1.22 bits per heavy atom. The van der Waals surface area contributed by atoms with E-state index in [1.54, 1.807) is 47.5 Å². The summed E-state index contributed by atoms with van der Waals surface area (Å²) in [4.78, 5) is 11.8. The molecule has 0 unspecified atom stereocenters. The Labute approximate surface area is 167 Å². The van der Waals surface area contributed by atoms with Gasteiger partial charge in [-0.3, -0.25) is 25.0 Å². The van der Waals surface area contributed by atoms with Gasteiger partial charge in [-0.2, -0.15) is 10.2 Å². The summed E-state index contributed by atoms with van der Waals surface area (Å²) in [5.74, 6) is -0.138. The number of rotatable bonds is 5. The number of thiocarbonyl (C=S) groups is 1. The molecular formula is C16H15BrFN7OS. The van der Waals surface area contributed by atoms with E-state index in [1.165, 1.54) is 10.7 Å². The summed E-state index contributed by atoms with van der Waals surface area (Å²) in [6.07, 6.45) is 4.97. The third-order valence-electron chi connectivity index (χ3n) is 3.40. The molecular weight excluding hydrogens is 437 g/mol. The SMILES string of the molecule is O=C(Cn1cc(Br)cn1)NNC(=S)Nc1ccn(Cc2ccccc2F)n1. The minimum Gasteiger partial charge on any atom is -0.315 e. The summed E-state index contributed by atoms with van der Waals surface area (Å²) < 4.78 is 17.5. The standard InChI is InChI=1S/C16H15BrFN7OS/c17-12-7-19-25(9-12)10-15(26)21-22-16(27)20-14-5-6-24(23-14)8-11-3-1-2-4-13(11)18/h1-7,9H,8,10H2,(H,21,26)(H2,20,22,23,27). The van der Waals surface area contributed by atoms with Crippen molar-refractivity contribution in [2.45, 2.75) is 13.1 Å². The number of halogens is 2. The molecule has 0 aliphatic rings. The zero-order valence-electron chi connectivity index (χ0n) is 13.9. The van der Waals surface area contributed by atoms with Crippen LogP contribution in [0.1, 0.15) is 5.56 Å². The van der Waals surface area contributed by atoms with Crippen LogP contribution in [0.4, 0.5) is 10.2 Å². The molecule has 8 nitrogen and oxygen atoms in total. The molecule has 0 saturated heterocycles. The first-order valence-corrected chi connectivity index (χ1v) is 9.00. The van der Waals surface area contributed by atoms with E-state index in [4.69, 9.17) is 12.2 Å². The third kappa shape index (κ3) is 5.59. The van der Waals surface area contributed by atoms with Crippen LogP contribution < -0.4 is 16.2 Å². The lowest BCUT2D eigenvalue weighted by atomic mass is 10.2. The fourth-order valence-electron chi connectivity index (χ4n) is 2.20. The predicted octanol–water partition coefficient (Wildman–Crippen LogP) is 2.05. The normalized spacial score (nSPS) is 10.4. The van der Waals surface area contributed by atoms with E-state index in [-0.39, 0.29) is 23.4 Å². The maximum atomic E-state index is 13.7. The van der Waals surface area contributed by atoms with Gasteiger partial charge in [0.1, 0.15) is 12.4 Å². The average molecular weight is 452 g/mol. The van der Waals surface area contributed by atoms with E-state index in [2.05, 4.69) is 42.3 Å². The zero-order valence-corrected chi connectivity index (χ0v) is 16.3. The molecule has 3 aromatic rings. The fourth-order valence-corrected chi connectivity index (χ4v) is 2.69. The number of anilines is 1. The molecule has 0 spiro atoms. The van der Waals surface area contributed by atoms with Crippen molar-refractivity contribution in [1.29, 1.82) is 0 Å². The second-order valence-electron chi connectivity index (χ2n) is 5.47. The minimum atomic E-state index is -0.320. The molecule has 27 heavy (non-hydrogen) atoms. The summed E-state index contributed by atoms with van der Waals surface area (Å²) in [5, 5.41) is 11.3. The first kappa shape index (κ1) is 19.0. The summed E-state index contributed by atoms with van der Waals surface area (Å²) >= 11 is 8.36. The molecule has 0 fully saturated rings. The molecule has 140 valence electrons. The van der Waals surface area contributed by atoms with E-state index in [0.29, 0.717) is 17.9 Å². The Morgan fingerprint density at radius 2 is 2.04 bits per heavy atom. The number of nitrogens with zero attached hydrogens (tertiary/aromatic N) is 4. The van der Waals surface area contributed by atoms with Crippen molar-refractivity contribution in [3.8, 4) is 0 Å². The largest absolute Gasteiger partial charge is 0.315 e. The van der Waals surface area contributed by atoms with E-state index >= 15 is 0 Å². The molecule has 1 amide bonds. The molecule has 11 heteroatoms. The van der Waals surface area contributed by atoms with E-state index in [9.17, 15) is 9.18 Å². The van der Waals surface area contributed by atoms with Gasteiger partial charge in [-0.05, 0) is 34.2 Å². The quantitative estimate of drug-likeness (QED) is 0.406. The lowest BCUT2D eigenvalue weighted by Gasteiger charge is -2.10. The highest BCUT2D eigenvalue weighted by Crippen LogP contribution is 2.10. The number of nitrogens with one attached hydrogen (secondary N) is 3. The monoisotopic (exact) mass is 451 g/mol. The summed E-state index contributed by atoms with van der Waals surface area (Å²) in [5.41, 5.74) is 5.58. The number of aromatic nitrogens is 4. The molecule has 0 aliphatic heterocycles. The lowest BCUT2D eigenvalue weighted by Crippen LogP contribution is -2.45. The van der Waals surface area contributed by atoms with Crippen LogP contribution in [0.3, 0.4) is 0 Å². The topological polar surface area (TPSA) is 88.8 Å². The summed E-state index contributed by atoms with van der Waals surface area (Å²) in [7, 11) is 0. The van der Waals surface area contributed by atoms with Gasteiger partial charge in [0, 0.05) is 24.0 Å². The van der Waals surface area contributed by atoms with Gasteiger partial charge in [-0.15, -0.1) is 0 Å². The summed E-state index contributed by atoms with van der Waals surface area (Å²) in [6.45, 7) is 0.336. The van der Waals surface area contributed by atoms with Crippen LogP contribution in [-0.4, -0.2) is 30.6 Å². The van der Waals surface area contributed by atoms with Gasteiger partial charge in [-0.1, -0.05) is 18.2 Å². The van der Waals surface area contributed by atoms with Crippen LogP contribution in [0.5, 0.6) is 0 Å². The Morgan fingerprint density at radius 3 is 2.78 bits per heavy atom. The molecule has 2 heterocycles. The Balaban J connectivity index is 1.46. The zero-order chi connectivity index (χ0) is 19.2. The maximum Gasteiger partial charge on any atom is 0.260 e. The Hall–Kier alpha value is -2.79. The number of hydrazine groups is 1. The van der Waals surface area contributed by atoms with Crippen molar-refractivity contribution in [3.63, 3.8) is 0 Å². The van der Waals surface area contributed by atoms with Gasteiger partial charge >= 0.3 is 0 Å². The van der Waals surface area contributed by atoms with Crippen molar-refractivity contribution in [1.82, 2.24) is 30.4 Å². The van der Waals surface area contributed by atoms with Crippen LogP contribution in [-0.2, 0) is 17.9 Å².